The van der Waals surface area contributed by atoms with E-state index in [0.29, 0.717) is 6.54 Å². The Morgan fingerprint density at radius 1 is 1.23 bits per heavy atom. The van der Waals surface area contributed by atoms with Gasteiger partial charge in [-0.05, 0) is 74.2 Å². The number of amides is 1. The van der Waals surface area contributed by atoms with Crippen LogP contribution >= 0.6 is 0 Å². The minimum Gasteiger partial charge on any atom is -0.457 e. The van der Waals surface area contributed by atoms with E-state index in [1.54, 1.807) is 0 Å². The quantitative estimate of drug-likeness (QED) is 0.834. The maximum atomic E-state index is 12.2. The third-order valence-corrected chi connectivity index (χ3v) is 4.59. The van der Waals surface area contributed by atoms with Crippen LogP contribution in [0.1, 0.15) is 18.4 Å². The van der Waals surface area contributed by atoms with Crippen molar-refractivity contribution in [3.63, 3.8) is 0 Å². The zero-order chi connectivity index (χ0) is 18.4. The molecule has 1 heterocycles. The van der Waals surface area contributed by atoms with Crippen LogP contribution in [-0.2, 0) is 4.79 Å². The average molecular weight is 354 g/mol. The molecule has 3 rings (SSSR count). The number of aliphatic hydroxyl groups is 1. The summed E-state index contributed by atoms with van der Waals surface area (Å²) in [4.78, 5) is 14.3. The van der Waals surface area contributed by atoms with Crippen molar-refractivity contribution in [2.45, 2.75) is 19.8 Å². The topological polar surface area (TPSA) is 61.8 Å². The highest BCUT2D eigenvalue weighted by atomic mass is 16.5. The van der Waals surface area contributed by atoms with Crippen molar-refractivity contribution in [1.82, 2.24) is 4.90 Å². The molecule has 2 aromatic rings. The molecule has 0 saturated carbocycles. The van der Waals surface area contributed by atoms with E-state index in [-0.39, 0.29) is 18.4 Å². The SMILES string of the molecule is Cc1cccc(Oc2ccc(NC(=O)CN3CCC[C@H](CO)C3)cc2)c1. The molecule has 138 valence electrons. The van der Waals surface area contributed by atoms with Crippen molar-refractivity contribution in [1.29, 1.82) is 0 Å². The standard InChI is InChI=1S/C21H26N2O3/c1-16-4-2-6-20(12-16)26-19-9-7-18(8-10-19)22-21(25)14-23-11-3-5-17(13-23)15-24/h2,4,6-10,12,17,24H,3,5,11,13-15H2,1H3,(H,22,25)/t17-/m0/s1. The van der Waals surface area contributed by atoms with Gasteiger partial charge >= 0.3 is 0 Å². The Kier molecular flexibility index (Phi) is 6.26. The van der Waals surface area contributed by atoms with Gasteiger partial charge in [-0.1, -0.05) is 12.1 Å². The molecule has 0 aliphatic carbocycles. The van der Waals surface area contributed by atoms with Crippen LogP contribution in [0.15, 0.2) is 48.5 Å². The van der Waals surface area contributed by atoms with Gasteiger partial charge in [-0.3, -0.25) is 9.69 Å². The van der Waals surface area contributed by atoms with Crippen molar-refractivity contribution in [2.75, 3.05) is 31.6 Å². The van der Waals surface area contributed by atoms with E-state index in [0.717, 1.165) is 48.7 Å². The normalized spacial score (nSPS) is 17.7. The third kappa shape index (κ3) is 5.31. The summed E-state index contributed by atoms with van der Waals surface area (Å²) >= 11 is 0. The molecule has 2 aromatic carbocycles. The van der Waals surface area contributed by atoms with Crippen LogP contribution in [0.5, 0.6) is 11.5 Å². The zero-order valence-corrected chi connectivity index (χ0v) is 15.1. The molecule has 1 amide bonds. The first-order valence-corrected chi connectivity index (χ1v) is 9.10. The van der Waals surface area contributed by atoms with Crippen LogP contribution in [0.25, 0.3) is 0 Å². The Morgan fingerprint density at radius 3 is 2.77 bits per heavy atom. The lowest BCUT2D eigenvalue weighted by atomic mass is 9.99. The van der Waals surface area contributed by atoms with Gasteiger partial charge < -0.3 is 15.2 Å². The largest absolute Gasteiger partial charge is 0.457 e. The van der Waals surface area contributed by atoms with E-state index < -0.39 is 0 Å². The van der Waals surface area contributed by atoms with Gasteiger partial charge in [-0.25, -0.2) is 0 Å². The van der Waals surface area contributed by atoms with E-state index in [1.165, 1.54) is 0 Å². The van der Waals surface area contributed by atoms with E-state index >= 15 is 0 Å². The summed E-state index contributed by atoms with van der Waals surface area (Å²) in [7, 11) is 0. The minimum atomic E-state index is -0.0315. The fourth-order valence-corrected chi connectivity index (χ4v) is 3.27. The summed E-state index contributed by atoms with van der Waals surface area (Å²) < 4.78 is 5.82. The Hall–Kier alpha value is -2.37. The highest BCUT2D eigenvalue weighted by molar-refractivity contribution is 5.92. The molecule has 1 atom stereocenters. The van der Waals surface area contributed by atoms with Gasteiger partial charge in [0.15, 0.2) is 0 Å². The van der Waals surface area contributed by atoms with Crippen molar-refractivity contribution in [3.05, 3.63) is 54.1 Å². The highest BCUT2D eigenvalue weighted by Gasteiger charge is 2.20. The van der Waals surface area contributed by atoms with Crippen LogP contribution in [0, 0.1) is 12.8 Å². The molecule has 0 spiro atoms. The van der Waals surface area contributed by atoms with Gasteiger partial charge in [0.1, 0.15) is 11.5 Å². The molecule has 1 aliphatic heterocycles. The first-order valence-electron chi connectivity index (χ1n) is 9.10. The monoisotopic (exact) mass is 354 g/mol. The maximum absolute atomic E-state index is 12.2. The van der Waals surface area contributed by atoms with Crippen LogP contribution in [0.2, 0.25) is 0 Å². The lowest BCUT2D eigenvalue weighted by Gasteiger charge is -2.31. The summed E-state index contributed by atoms with van der Waals surface area (Å²) in [6.45, 7) is 4.27. The molecule has 0 bridgehead atoms. The maximum Gasteiger partial charge on any atom is 0.238 e. The van der Waals surface area contributed by atoms with E-state index in [4.69, 9.17) is 4.74 Å². The Morgan fingerprint density at radius 2 is 2.04 bits per heavy atom. The number of carbonyl (C=O) groups is 1. The number of anilines is 1. The van der Waals surface area contributed by atoms with Crippen molar-refractivity contribution >= 4 is 11.6 Å². The minimum absolute atomic E-state index is 0.0315. The number of aryl methyl sites for hydroxylation is 1. The van der Waals surface area contributed by atoms with Gasteiger partial charge in [0, 0.05) is 18.8 Å². The molecule has 26 heavy (non-hydrogen) atoms. The second-order valence-corrected chi connectivity index (χ2v) is 6.92. The van der Waals surface area contributed by atoms with Crippen LogP contribution in [0.4, 0.5) is 5.69 Å². The lowest BCUT2D eigenvalue weighted by Crippen LogP contribution is -2.41. The number of ether oxygens (including phenoxy) is 1. The second kappa shape index (κ2) is 8.83. The number of hydrogen-bond donors (Lipinski definition) is 2. The molecule has 5 nitrogen and oxygen atoms in total. The smallest absolute Gasteiger partial charge is 0.238 e. The Bertz CT molecular complexity index is 730. The number of rotatable bonds is 6. The predicted octanol–water partition coefficient (Wildman–Crippen LogP) is 3.43. The number of benzene rings is 2. The highest BCUT2D eigenvalue weighted by Crippen LogP contribution is 2.23. The Labute approximate surface area is 154 Å². The summed E-state index contributed by atoms with van der Waals surface area (Å²) in [6, 6.07) is 15.3. The molecule has 0 aromatic heterocycles. The number of nitrogens with one attached hydrogen (secondary N) is 1. The summed E-state index contributed by atoms with van der Waals surface area (Å²) in [5, 5.41) is 12.2. The molecule has 1 saturated heterocycles. The molecule has 1 fully saturated rings. The number of likely N-dealkylation sites (tertiary alicyclic amines) is 1. The predicted molar refractivity (Wildman–Crippen MR) is 103 cm³/mol. The van der Waals surface area contributed by atoms with E-state index in [9.17, 15) is 9.90 Å². The van der Waals surface area contributed by atoms with E-state index in [2.05, 4.69) is 10.2 Å². The molecular weight excluding hydrogens is 328 g/mol. The van der Waals surface area contributed by atoms with Crippen molar-refractivity contribution in [3.8, 4) is 11.5 Å². The first kappa shape index (κ1) is 18.4. The number of carbonyl (C=O) groups excluding carboxylic acids is 1. The van der Waals surface area contributed by atoms with Crippen LogP contribution in [0.3, 0.4) is 0 Å². The van der Waals surface area contributed by atoms with Crippen LogP contribution in [-0.4, -0.2) is 42.2 Å². The molecule has 0 radical (unpaired) electrons. The summed E-state index contributed by atoms with van der Waals surface area (Å²) in [6.07, 6.45) is 2.07. The molecule has 2 N–H and O–H groups in total. The van der Waals surface area contributed by atoms with Crippen LogP contribution < -0.4 is 10.1 Å². The van der Waals surface area contributed by atoms with Gasteiger partial charge in [-0.15, -0.1) is 0 Å². The number of hydrogen-bond acceptors (Lipinski definition) is 4. The lowest BCUT2D eigenvalue weighted by molar-refractivity contribution is -0.117. The first-order chi connectivity index (χ1) is 12.6. The number of nitrogens with zero attached hydrogens (tertiary/aromatic N) is 1. The average Bonchev–Trinajstić information content (AvgIpc) is 2.63. The third-order valence-electron chi connectivity index (χ3n) is 4.59. The van der Waals surface area contributed by atoms with Gasteiger partial charge in [0.2, 0.25) is 5.91 Å². The van der Waals surface area contributed by atoms with E-state index in [1.807, 2.05) is 55.5 Å². The summed E-state index contributed by atoms with van der Waals surface area (Å²) in [5.74, 6) is 1.78. The fraction of sp³-hybridized carbons (Fsp3) is 0.381. The molecular formula is C21H26N2O3. The fourth-order valence-electron chi connectivity index (χ4n) is 3.27. The number of piperidine rings is 1. The molecule has 0 unspecified atom stereocenters. The summed E-state index contributed by atoms with van der Waals surface area (Å²) in [5.41, 5.74) is 1.90. The van der Waals surface area contributed by atoms with Gasteiger partial charge in [-0.2, -0.15) is 0 Å². The van der Waals surface area contributed by atoms with Crippen molar-refractivity contribution in [2.24, 2.45) is 5.92 Å². The number of aliphatic hydroxyl groups excluding tert-OH is 1. The zero-order valence-electron chi connectivity index (χ0n) is 15.1. The van der Waals surface area contributed by atoms with Crippen molar-refractivity contribution < 1.29 is 14.6 Å². The van der Waals surface area contributed by atoms with Gasteiger partial charge in [0.25, 0.3) is 0 Å². The molecule has 1 aliphatic rings. The van der Waals surface area contributed by atoms with Gasteiger partial charge in [0.05, 0.1) is 6.54 Å². The Balaban J connectivity index is 1.51. The second-order valence-electron chi connectivity index (χ2n) is 6.92. The molecule has 5 heteroatoms.